The smallest absolute Gasteiger partial charge is 0.270 e. The van der Waals surface area contributed by atoms with E-state index in [9.17, 15) is 8.42 Å². The van der Waals surface area contributed by atoms with Gasteiger partial charge in [0.25, 0.3) is 10.0 Å². The monoisotopic (exact) mass is 498 g/mol. The fourth-order valence-corrected chi connectivity index (χ4v) is 6.15. The van der Waals surface area contributed by atoms with Crippen LogP contribution in [0.25, 0.3) is 21.8 Å². The first-order valence-corrected chi connectivity index (χ1v) is 13.3. The molecular formula is C27H26N6O2S. The van der Waals surface area contributed by atoms with Gasteiger partial charge in [0.15, 0.2) is 0 Å². The van der Waals surface area contributed by atoms with Crippen molar-refractivity contribution < 1.29 is 8.42 Å². The molecule has 1 fully saturated rings. The van der Waals surface area contributed by atoms with Gasteiger partial charge in [-0.1, -0.05) is 18.2 Å². The Morgan fingerprint density at radius 2 is 1.75 bits per heavy atom. The predicted octanol–water partition coefficient (Wildman–Crippen LogP) is 4.28. The van der Waals surface area contributed by atoms with Crippen LogP contribution in [0.3, 0.4) is 0 Å². The lowest BCUT2D eigenvalue weighted by molar-refractivity contribution is 0.589. The topological polar surface area (TPSA) is 92.2 Å². The van der Waals surface area contributed by atoms with Gasteiger partial charge in [0, 0.05) is 72.5 Å². The molecule has 4 heterocycles. The van der Waals surface area contributed by atoms with Gasteiger partial charge < -0.3 is 15.5 Å². The standard InChI is InChI=1S/C27H26N6O2S/c1-19-5-6-20-3-2-4-25(27(20)30-19)36(34,35)33-14-11-21-18-29-26(17-24(21)33)31-22-7-9-23(10-8-22)32-15-12-28-13-16-32/h2-11,14,17-18,28H,12-13,15-16H2,1H3,(H,29,31). The third-order valence-corrected chi connectivity index (χ3v) is 8.24. The van der Waals surface area contributed by atoms with Crippen molar-refractivity contribution in [1.82, 2.24) is 19.3 Å². The molecule has 182 valence electrons. The zero-order valence-corrected chi connectivity index (χ0v) is 20.7. The Morgan fingerprint density at radius 3 is 2.56 bits per heavy atom. The Morgan fingerprint density at radius 1 is 0.944 bits per heavy atom. The average molecular weight is 499 g/mol. The van der Waals surface area contributed by atoms with E-state index < -0.39 is 10.0 Å². The molecule has 1 aliphatic rings. The summed E-state index contributed by atoms with van der Waals surface area (Å²) < 4.78 is 28.8. The van der Waals surface area contributed by atoms with Crippen LogP contribution in [0.1, 0.15) is 5.69 Å². The second-order valence-electron chi connectivity index (χ2n) is 8.93. The van der Waals surface area contributed by atoms with Crippen LogP contribution in [0.4, 0.5) is 17.2 Å². The second kappa shape index (κ2) is 8.92. The highest BCUT2D eigenvalue weighted by Gasteiger charge is 2.23. The number of nitrogens with one attached hydrogen (secondary N) is 2. The van der Waals surface area contributed by atoms with E-state index in [2.05, 4.69) is 37.6 Å². The van der Waals surface area contributed by atoms with E-state index in [1.165, 1.54) is 9.66 Å². The second-order valence-corrected chi connectivity index (χ2v) is 10.7. The Labute approximate surface area is 209 Å². The minimum Gasteiger partial charge on any atom is -0.369 e. The summed E-state index contributed by atoms with van der Waals surface area (Å²) in [5.74, 6) is 0.569. The van der Waals surface area contributed by atoms with Crippen LogP contribution in [0.5, 0.6) is 0 Å². The lowest BCUT2D eigenvalue weighted by Gasteiger charge is -2.29. The zero-order chi connectivity index (χ0) is 24.7. The lowest BCUT2D eigenvalue weighted by Crippen LogP contribution is -2.43. The minimum atomic E-state index is -3.89. The van der Waals surface area contributed by atoms with Crippen molar-refractivity contribution in [3.63, 3.8) is 0 Å². The highest BCUT2D eigenvalue weighted by Crippen LogP contribution is 2.29. The van der Waals surface area contributed by atoms with Crippen LogP contribution in [-0.2, 0) is 10.0 Å². The molecule has 0 bridgehead atoms. The van der Waals surface area contributed by atoms with Crippen molar-refractivity contribution in [2.45, 2.75) is 11.8 Å². The SMILES string of the molecule is Cc1ccc2cccc(S(=O)(=O)n3ccc4cnc(Nc5ccc(N6CCNCC6)cc5)cc43)c2n1. The number of piperazine rings is 1. The van der Waals surface area contributed by atoms with Crippen molar-refractivity contribution in [1.29, 1.82) is 0 Å². The predicted molar refractivity (Wildman–Crippen MR) is 144 cm³/mol. The summed E-state index contributed by atoms with van der Waals surface area (Å²) in [6, 6.07) is 20.7. The van der Waals surface area contributed by atoms with Crippen molar-refractivity contribution in [2.75, 3.05) is 36.4 Å². The average Bonchev–Trinajstić information content (AvgIpc) is 3.33. The van der Waals surface area contributed by atoms with Crippen molar-refractivity contribution in [2.24, 2.45) is 0 Å². The largest absolute Gasteiger partial charge is 0.369 e. The van der Waals surface area contributed by atoms with Crippen LogP contribution in [0.15, 0.2) is 84.0 Å². The number of pyridine rings is 2. The highest BCUT2D eigenvalue weighted by atomic mass is 32.2. The van der Waals surface area contributed by atoms with E-state index in [0.717, 1.165) is 48.3 Å². The number of nitrogens with zero attached hydrogens (tertiary/aromatic N) is 4. The first kappa shape index (κ1) is 22.5. The minimum absolute atomic E-state index is 0.177. The van der Waals surface area contributed by atoms with Gasteiger partial charge in [-0.25, -0.2) is 17.4 Å². The third-order valence-electron chi connectivity index (χ3n) is 6.52. The number of aryl methyl sites for hydroxylation is 1. The molecule has 1 saturated heterocycles. The normalized spacial score (nSPS) is 14.4. The summed E-state index contributed by atoms with van der Waals surface area (Å²) in [6.07, 6.45) is 3.26. The molecule has 0 radical (unpaired) electrons. The zero-order valence-electron chi connectivity index (χ0n) is 19.8. The maximum atomic E-state index is 13.8. The number of rotatable bonds is 5. The Bertz CT molecular complexity index is 1670. The van der Waals surface area contributed by atoms with Crippen LogP contribution in [0.2, 0.25) is 0 Å². The maximum Gasteiger partial charge on any atom is 0.270 e. The van der Waals surface area contributed by atoms with Gasteiger partial charge in [0.2, 0.25) is 0 Å². The lowest BCUT2D eigenvalue weighted by atomic mass is 10.2. The highest BCUT2D eigenvalue weighted by molar-refractivity contribution is 7.90. The molecule has 1 aliphatic heterocycles. The number of hydrogen-bond donors (Lipinski definition) is 2. The van der Waals surface area contributed by atoms with E-state index in [-0.39, 0.29) is 4.90 Å². The fraction of sp³-hybridized carbons (Fsp3) is 0.185. The number of benzene rings is 2. The number of para-hydroxylation sites is 1. The molecule has 0 atom stereocenters. The Balaban J connectivity index is 1.33. The summed E-state index contributed by atoms with van der Waals surface area (Å²) in [5.41, 5.74) is 3.85. The molecule has 2 aromatic carbocycles. The number of hydrogen-bond acceptors (Lipinski definition) is 7. The molecule has 6 rings (SSSR count). The van der Waals surface area contributed by atoms with Crippen LogP contribution in [0, 0.1) is 6.92 Å². The van der Waals surface area contributed by atoms with Crippen molar-refractivity contribution in [3.05, 3.63) is 84.8 Å². The first-order chi connectivity index (χ1) is 17.5. The van der Waals surface area contributed by atoms with Crippen LogP contribution in [-0.4, -0.2) is 48.5 Å². The van der Waals surface area contributed by atoms with Gasteiger partial charge in [0.05, 0.1) is 11.0 Å². The molecule has 3 aromatic heterocycles. The summed E-state index contributed by atoms with van der Waals surface area (Å²) in [5, 5.41) is 8.20. The summed E-state index contributed by atoms with van der Waals surface area (Å²) in [7, 11) is -3.89. The Hall–Kier alpha value is -3.95. The number of fused-ring (bicyclic) bond motifs is 2. The summed E-state index contributed by atoms with van der Waals surface area (Å²) in [6.45, 7) is 5.81. The molecule has 5 aromatic rings. The van der Waals surface area contributed by atoms with Crippen LogP contribution < -0.4 is 15.5 Å². The van der Waals surface area contributed by atoms with Crippen molar-refractivity contribution in [3.8, 4) is 0 Å². The summed E-state index contributed by atoms with van der Waals surface area (Å²) >= 11 is 0. The quantitative estimate of drug-likeness (QED) is 0.374. The van der Waals surface area contributed by atoms with Gasteiger partial charge in [-0.15, -0.1) is 0 Å². The Kier molecular flexibility index (Phi) is 5.58. The molecule has 0 saturated carbocycles. The van der Waals surface area contributed by atoms with Crippen molar-refractivity contribution >= 4 is 49.0 Å². The third kappa shape index (κ3) is 4.06. The van der Waals surface area contributed by atoms with E-state index in [1.807, 2.05) is 37.3 Å². The first-order valence-electron chi connectivity index (χ1n) is 11.9. The molecule has 9 heteroatoms. The molecule has 2 N–H and O–H groups in total. The molecule has 36 heavy (non-hydrogen) atoms. The van der Waals surface area contributed by atoms with Crippen LogP contribution >= 0.6 is 0 Å². The molecule has 0 spiro atoms. The van der Waals surface area contributed by atoms with Gasteiger partial charge in [-0.05, 0) is 49.4 Å². The fourth-order valence-electron chi connectivity index (χ4n) is 4.64. The molecule has 0 unspecified atom stereocenters. The van der Waals surface area contributed by atoms with E-state index in [4.69, 9.17) is 0 Å². The maximum absolute atomic E-state index is 13.8. The van der Waals surface area contributed by atoms with Gasteiger partial charge in [0.1, 0.15) is 10.7 Å². The van der Waals surface area contributed by atoms with E-state index in [0.29, 0.717) is 16.9 Å². The van der Waals surface area contributed by atoms with Gasteiger partial charge in [-0.3, -0.25) is 4.98 Å². The molecular weight excluding hydrogens is 472 g/mol. The number of anilines is 3. The molecule has 0 aliphatic carbocycles. The molecule has 8 nitrogen and oxygen atoms in total. The molecule has 0 amide bonds. The van der Waals surface area contributed by atoms with Gasteiger partial charge >= 0.3 is 0 Å². The van der Waals surface area contributed by atoms with E-state index >= 15 is 0 Å². The van der Waals surface area contributed by atoms with Gasteiger partial charge in [-0.2, -0.15) is 0 Å². The van der Waals surface area contributed by atoms with E-state index in [1.54, 1.807) is 36.7 Å². The summed E-state index contributed by atoms with van der Waals surface area (Å²) in [4.78, 5) is 11.5. The number of aromatic nitrogens is 3.